The average Bonchev–Trinajstić information content (AvgIpc) is 3.13. The lowest BCUT2D eigenvalue weighted by Crippen LogP contribution is -2.41. The number of allylic oxidation sites excluding steroid dienone is 1. The Labute approximate surface area is 154 Å². The maximum atomic E-state index is 13.2. The molecule has 2 aromatic heterocycles. The van der Waals surface area contributed by atoms with Gasteiger partial charge in [-0.1, -0.05) is 0 Å². The van der Waals surface area contributed by atoms with Gasteiger partial charge in [0.25, 0.3) is 18.1 Å². The Bertz CT molecular complexity index is 902. The van der Waals surface area contributed by atoms with Crippen LogP contribution in [0.25, 0.3) is 5.78 Å². The Morgan fingerprint density at radius 2 is 2.26 bits per heavy atom. The SMILES string of the molecule is CN=CC(C(=O)N1CCCC(c2cc(C(F)F)nc3ncnn23)C1)=C(C)N. The van der Waals surface area contributed by atoms with Crippen molar-refractivity contribution in [2.24, 2.45) is 10.7 Å². The summed E-state index contributed by atoms with van der Waals surface area (Å²) in [7, 11) is 1.57. The molecule has 1 aliphatic rings. The van der Waals surface area contributed by atoms with Crippen molar-refractivity contribution >= 4 is 17.9 Å². The topological polar surface area (TPSA) is 102 Å². The molecule has 0 bridgehead atoms. The van der Waals surface area contributed by atoms with Gasteiger partial charge in [-0.25, -0.2) is 18.3 Å². The van der Waals surface area contributed by atoms with Gasteiger partial charge in [0.2, 0.25) is 0 Å². The number of likely N-dealkylation sites (tertiary alicyclic amines) is 1. The third-order valence-corrected chi connectivity index (χ3v) is 4.56. The van der Waals surface area contributed by atoms with Gasteiger partial charge in [-0.3, -0.25) is 9.79 Å². The molecule has 1 fully saturated rings. The summed E-state index contributed by atoms with van der Waals surface area (Å²) < 4.78 is 27.9. The number of hydrogen-bond acceptors (Lipinski definition) is 6. The standard InChI is InChI=1S/C17H21F2N7O/c1-10(20)12(7-21-2)16(27)25-5-3-4-11(8-25)14-6-13(15(18)19)24-17-22-9-23-26(14)17/h6-7,9,11,15H,3-5,8,20H2,1-2H3. The number of fused-ring (bicyclic) bond motifs is 1. The van der Waals surface area contributed by atoms with Crippen LogP contribution in [0, 0.1) is 0 Å². The molecule has 2 N–H and O–H groups in total. The first-order valence-corrected chi connectivity index (χ1v) is 8.59. The van der Waals surface area contributed by atoms with E-state index < -0.39 is 6.43 Å². The lowest BCUT2D eigenvalue weighted by molar-refractivity contribution is -0.127. The van der Waals surface area contributed by atoms with Crippen LogP contribution >= 0.6 is 0 Å². The fourth-order valence-corrected chi connectivity index (χ4v) is 3.28. The zero-order valence-corrected chi connectivity index (χ0v) is 15.1. The van der Waals surface area contributed by atoms with Gasteiger partial charge in [-0.05, 0) is 25.8 Å². The number of halogens is 2. The summed E-state index contributed by atoms with van der Waals surface area (Å²) in [5.74, 6) is -0.253. The molecule has 0 saturated carbocycles. The summed E-state index contributed by atoms with van der Waals surface area (Å²) in [6, 6.07) is 1.35. The number of nitrogens with zero attached hydrogens (tertiary/aromatic N) is 6. The summed E-state index contributed by atoms with van der Waals surface area (Å²) in [4.78, 5) is 26.2. The molecule has 1 aliphatic heterocycles. The van der Waals surface area contributed by atoms with Gasteiger partial charge in [-0.2, -0.15) is 10.1 Å². The van der Waals surface area contributed by atoms with E-state index in [1.165, 1.54) is 23.1 Å². The minimum absolute atomic E-state index is 0.128. The van der Waals surface area contributed by atoms with Gasteiger partial charge < -0.3 is 10.6 Å². The summed E-state index contributed by atoms with van der Waals surface area (Å²) >= 11 is 0. The normalized spacial score (nSPS) is 19.1. The third kappa shape index (κ3) is 3.79. The predicted octanol–water partition coefficient (Wildman–Crippen LogP) is 1.70. The number of rotatable bonds is 4. The number of nitrogens with two attached hydrogens (primary N) is 1. The number of aromatic nitrogens is 4. The van der Waals surface area contributed by atoms with Crippen molar-refractivity contribution in [2.75, 3.05) is 20.1 Å². The lowest BCUT2D eigenvalue weighted by Gasteiger charge is -2.33. The van der Waals surface area contributed by atoms with Gasteiger partial charge >= 0.3 is 0 Å². The highest BCUT2D eigenvalue weighted by atomic mass is 19.3. The van der Waals surface area contributed by atoms with Gasteiger partial charge in [-0.15, -0.1) is 0 Å². The van der Waals surface area contributed by atoms with E-state index in [-0.39, 0.29) is 23.3 Å². The van der Waals surface area contributed by atoms with Crippen LogP contribution < -0.4 is 5.73 Å². The van der Waals surface area contributed by atoms with Crippen LogP contribution in [0.2, 0.25) is 0 Å². The smallest absolute Gasteiger partial charge is 0.280 e. The van der Waals surface area contributed by atoms with E-state index in [9.17, 15) is 13.6 Å². The first-order valence-electron chi connectivity index (χ1n) is 8.59. The number of amides is 1. The lowest BCUT2D eigenvalue weighted by atomic mass is 9.93. The maximum absolute atomic E-state index is 13.2. The van der Waals surface area contributed by atoms with Crippen molar-refractivity contribution in [3.05, 3.63) is 35.1 Å². The molecule has 1 atom stereocenters. The summed E-state index contributed by atoms with van der Waals surface area (Å²) in [6.07, 6.45) is 1.50. The van der Waals surface area contributed by atoms with Crippen molar-refractivity contribution in [3.8, 4) is 0 Å². The van der Waals surface area contributed by atoms with Crippen molar-refractivity contribution in [3.63, 3.8) is 0 Å². The van der Waals surface area contributed by atoms with Crippen LogP contribution in [0.15, 0.2) is 28.7 Å². The minimum atomic E-state index is -2.71. The Morgan fingerprint density at radius 1 is 1.48 bits per heavy atom. The van der Waals surface area contributed by atoms with Crippen LogP contribution in [0.3, 0.4) is 0 Å². The van der Waals surface area contributed by atoms with E-state index in [1.807, 2.05) is 0 Å². The molecule has 1 amide bonds. The number of aliphatic imine (C=N–C) groups is 1. The highest BCUT2D eigenvalue weighted by Crippen LogP contribution is 2.30. The first-order chi connectivity index (χ1) is 12.9. The monoisotopic (exact) mass is 377 g/mol. The zero-order valence-electron chi connectivity index (χ0n) is 15.1. The van der Waals surface area contributed by atoms with Crippen LogP contribution in [-0.2, 0) is 4.79 Å². The Morgan fingerprint density at radius 3 is 2.93 bits per heavy atom. The molecule has 0 spiro atoms. The highest BCUT2D eigenvalue weighted by Gasteiger charge is 2.29. The number of piperidine rings is 1. The van der Waals surface area contributed by atoms with E-state index in [2.05, 4.69) is 20.1 Å². The molecule has 10 heteroatoms. The summed E-state index contributed by atoms with van der Waals surface area (Å²) in [5, 5.41) is 4.10. The van der Waals surface area contributed by atoms with Gasteiger partial charge in [0.15, 0.2) is 0 Å². The number of alkyl halides is 2. The maximum Gasteiger partial charge on any atom is 0.280 e. The van der Waals surface area contributed by atoms with Gasteiger partial charge in [0.1, 0.15) is 12.0 Å². The second-order valence-corrected chi connectivity index (χ2v) is 6.45. The zero-order chi connectivity index (χ0) is 19.6. The van der Waals surface area contributed by atoms with Crippen molar-refractivity contribution in [1.82, 2.24) is 24.5 Å². The molecule has 27 heavy (non-hydrogen) atoms. The second-order valence-electron chi connectivity index (χ2n) is 6.45. The van der Waals surface area contributed by atoms with Crippen LogP contribution in [0.1, 0.15) is 43.5 Å². The number of hydrogen-bond donors (Lipinski definition) is 1. The third-order valence-electron chi connectivity index (χ3n) is 4.56. The van der Waals surface area contributed by atoms with Crippen molar-refractivity contribution in [1.29, 1.82) is 0 Å². The van der Waals surface area contributed by atoms with Crippen LogP contribution in [0.5, 0.6) is 0 Å². The molecule has 3 rings (SSSR count). The molecule has 3 heterocycles. The fraction of sp³-hybridized carbons (Fsp3) is 0.471. The minimum Gasteiger partial charge on any atom is -0.402 e. The van der Waals surface area contributed by atoms with E-state index in [0.29, 0.717) is 30.1 Å². The fourth-order valence-electron chi connectivity index (χ4n) is 3.28. The largest absolute Gasteiger partial charge is 0.402 e. The summed E-state index contributed by atoms with van der Waals surface area (Å²) in [5.41, 5.74) is 6.77. The second kappa shape index (κ2) is 7.77. The van der Waals surface area contributed by atoms with Crippen LogP contribution in [0.4, 0.5) is 8.78 Å². The molecule has 0 aliphatic carbocycles. The highest BCUT2D eigenvalue weighted by molar-refractivity contribution is 6.12. The van der Waals surface area contributed by atoms with E-state index in [0.717, 1.165) is 12.8 Å². The number of carbonyl (C=O) groups excluding carboxylic acids is 1. The number of carbonyl (C=O) groups is 1. The van der Waals surface area contributed by atoms with E-state index >= 15 is 0 Å². The van der Waals surface area contributed by atoms with Crippen LogP contribution in [-0.4, -0.2) is 56.7 Å². The Hall–Kier alpha value is -2.91. The van der Waals surface area contributed by atoms with E-state index in [1.54, 1.807) is 18.9 Å². The molecule has 1 unspecified atom stereocenters. The predicted molar refractivity (Wildman–Crippen MR) is 95.6 cm³/mol. The van der Waals surface area contributed by atoms with Gasteiger partial charge in [0, 0.05) is 38.0 Å². The molecular weight excluding hydrogens is 356 g/mol. The molecular formula is C17H21F2N7O. The Balaban J connectivity index is 1.93. The molecule has 0 aromatic carbocycles. The molecule has 144 valence electrons. The van der Waals surface area contributed by atoms with Crippen molar-refractivity contribution < 1.29 is 13.6 Å². The van der Waals surface area contributed by atoms with Gasteiger partial charge in [0.05, 0.1) is 11.3 Å². The van der Waals surface area contributed by atoms with Crippen molar-refractivity contribution in [2.45, 2.75) is 32.1 Å². The summed E-state index contributed by atoms with van der Waals surface area (Å²) in [6.45, 7) is 2.58. The molecule has 8 nitrogen and oxygen atoms in total. The first kappa shape index (κ1) is 18.9. The average molecular weight is 377 g/mol. The molecule has 1 saturated heterocycles. The molecule has 0 radical (unpaired) electrons. The molecule has 2 aromatic rings. The quantitative estimate of drug-likeness (QED) is 0.645. The van der Waals surface area contributed by atoms with E-state index in [4.69, 9.17) is 5.73 Å². The Kier molecular flexibility index (Phi) is 5.43.